The van der Waals surface area contributed by atoms with Crippen LogP contribution in [0.4, 0.5) is 0 Å². The fourth-order valence-corrected chi connectivity index (χ4v) is 5.87. The van der Waals surface area contributed by atoms with Gasteiger partial charge in [0.05, 0.1) is 0 Å². The van der Waals surface area contributed by atoms with Gasteiger partial charge < -0.3 is 5.32 Å². The van der Waals surface area contributed by atoms with Crippen LogP contribution in [0.2, 0.25) is 0 Å². The zero-order valence-corrected chi connectivity index (χ0v) is 14.0. The summed E-state index contributed by atoms with van der Waals surface area (Å²) >= 11 is 4.28. The molecule has 19 heavy (non-hydrogen) atoms. The highest BCUT2D eigenvalue weighted by Crippen LogP contribution is 2.34. The van der Waals surface area contributed by atoms with Gasteiger partial charge in [0.25, 0.3) is 0 Å². The first-order chi connectivity index (χ1) is 9.13. The van der Waals surface area contributed by atoms with Crippen LogP contribution in [0.1, 0.15) is 23.6 Å². The van der Waals surface area contributed by atoms with Crippen molar-refractivity contribution in [2.24, 2.45) is 0 Å². The fraction of sp³-hybridized carbons (Fsp3) is 0.625. The summed E-state index contributed by atoms with van der Waals surface area (Å²) in [6, 6.07) is 7.21. The van der Waals surface area contributed by atoms with E-state index in [2.05, 4.69) is 74.9 Å². The first kappa shape index (κ1) is 15.3. The van der Waals surface area contributed by atoms with Crippen LogP contribution >= 0.6 is 23.5 Å². The maximum absolute atomic E-state index is 3.57. The molecule has 1 aliphatic rings. The normalized spacial score (nSPS) is 25.3. The molecule has 1 heterocycles. The van der Waals surface area contributed by atoms with Gasteiger partial charge in [-0.15, -0.1) is 0 Å². The number of likely N-dealkylation sites (N-methyl/N-ethyl adjacent to an activating group) is 1. The van der Waals surface area contributed by atoms with E-state index in [0.29, 0.717) is 6.04 Å². The summed E-state index contributed by atoms with van der Waals surface area (Å²) in [6.07, 6.45) is 1.15. The molecule has 1 nitrogen and oxygen atoms in total. The van der Waals surface area contributed by atoms with E-state index in [1.165, 1.54) is 28.2 Å². The summed E-state index contributed by atoms with van der Waals surface area (Å²) in [5.41, 5.74) is 4.40. The van der Waals surface area contributed by atoms with Crippen LogP contribution in [0, 0.1) is 13.8 Å². The Kier molecular flexibility index (Phi) is 5.67. The largest absolute Gasteiger partial charge is 0.316 e. The zero-order chi connectivity index (χ0) is 13.8. The van der Waals surface area contributed by atoms with Gasteiger partial charge in [-0.25, -0.2) is 0 Å². The van der Waals surface area contributed by atoms with E-state index >= 15 is 0 Å². The number of hydrogen-bond donors (Lipinski definition) is 1. The predicted octanol–water partition coefficient (Wildman–Crippen LogP) is 3.67. The maximum Gasteiger partial charge on any atom is 0.0320 e. The Hall–Kier alpha value is -0.120. The molecule has 0 aliphatic carbocycles. The molecule has 1 saturated heterocycles. The van der Waals surface area contributed by atoms with E-state index in [9.17, 15) is 0 Å². The molecule has 1 aromatic rings. The Morgan fingerprint density at radius 3 is 2.42 bits per heavy atom. The molecular weight excluding hydrogens is 270 g/mol. The van der Waals surface area contributed by atoms with Gasteiger partial charge >= 0.3 is 0 Å². The van der Waals surface area contributed by atoms with Crippen molar-refractivity contribution in [1.82, 2.24) is 5.32 Å². The molecule has 0 spiro atoms. The molecular formula is C16H25NS2. The van der Waals surface area contributed by atoms with Gasteiger partial charge in [-0.1, -0.05) is 25.1 Å². The van der Waals surface area contributed by atoms with E-state index < -0.39 is 0 Å². The second-order valence-corrected chi connectivity index (χ2v) is 8.15. The van der Waals surface area contributed by atoms with Gasteiger partial charge in [0, 0.05) is 28.0 Å². The van der Waals surface area contributed by atoms with Crippen molar-refractivity contribution in [3.05, 3.63) is 34.9 Å². The number of rotatable bonds is 4. The van der Waals surface area contributed by atoms with Crippen molar-refractivity contribution in [2.75, 3.05) is 18.6 Å². The standard InChI is InChI=1S/C16H25NS2/c1-11-6-5-7-12(2)14(11)10-15(17-4)16-13(3)18-8-9-19-16/h5-7,13,15-17H,8-10H2,1-4H3. The Labute approximate surface area is 126 Å². The molecule has 0 amide bonds. The third-order valence-electron chi connectivity index (χ3n) is 4.07. The molecule has 1 N–H and O–H groups in total. The van der Waals surface area contributed by atoms with Gasteiger partial charge in [0.2, 0.25) is 0 Å². The first-order valence-electron chi connectivity index (χ1n) is 7.09. The Bertz CT molecular complexity index is 399. The fourth-order valence-electron chi connectivity index (χ4n) is 2.87. The Morgan fingerprint density at radius 1 is 1.21 bits per heavy atom. The highest BCUT2D eigenvalue weighted by atomic mass is 32.2. The van der Waals surface area contributed by atoms with E-state index in [0.717, 1.165) is 16.9 Å². The van der Waals surface area contributed by atoms with Crippen LogP contribution < -0.4 is 5.32 Å². The van der Waals surface area contributed by atoms with Crippen LogP contribution in [-0.4, -0.2) is 35.1 Å². The van der Waals surface area contributed by atoms with Crippen LogP contribution in [0.15, 0.2) is 18.2 Å². The van der Waals surface area contributed by atoms with Gasteiger partial charge in [-0.05, 0) is 44.0 Å². The molecule has 3 heteroatoms. The average Bonchev–Trinajstić information content (AvgIpc) is 2.40. The molecule has 2 rings (SSSR count). The molecule has 3 unspecified atom stereocenters. The summed E-state index contributed by atoms with van der Waals surface area (Å²) in [4.78, 5) is 0. The second kappa shape index (κ2) is 7.05. The summed E-state index contributed by atoms with van der Waals surface area (Å²) < 4.78 is 0. The van der Waals surface area contributed by atoms with Gasteiger partial charge in [-0.2, -0.15) is 23.5 Å². The van der Waals surface area contributed by atoms with Crippen molar-refractivity contribution >= 4 is 23.5 Å². The molecule has 0 radical (unpaired) electrons. The van der Waals surface area contributed by atoms with Gasteiger partial charge in [-0.3, -0.25) is 0 Å². The van der Waals surface area contributed by atoms with E-state index in [4.69, 9.17) is 0 Å². The minimum absolute atomic E-state index is 0.576. The number of thioether (sulfide) groups is 2. The van der Waals surface area contributed by atoms with Crippen molar-refractivity contribution in [3.8, 4) is 0 Å². The van der Waals surface area contributed by atoms with Crippen molar-refractivity contribution in [3.63, 3.8) is 0 Å². The third kappa shape index (κ3) is 3.71. The summed E-state index contributed by atoms with van der Waals surface area (Å²) in [6.45, 7) is 6.86. The predicted molar refractivity (Wildman–Crippen MR) is 90.6 cm³/mol. The molecule has 0 aromatic heterocycles. The quantitative estimate of drug-likeness (QED) is 0.910. The Balaban J connectivity index is 2.14. The zero-order valence-electron chi connectivity index (χ0n) is 12.4. The molecule has 1 aromatic carbocycles. The molecule has 0 bridgehead atoms. The topological polar surface area (TPSA) is 12.0 Å². The molecule has 3 atom stereocenters. The molecule has 0 saturated carbocycles. The van der Waals surface area contributed by atoms with E-state index in [-0.39, 0.29) is 0 Å². The number of benzene rings is 1. The summed E-state index contributed by atoms with van der Waals surface area (Å²) in [7, 11) is 2.12. The monoisotopic (exact) mass is 295 g/mol. The highest BCUT2D eigenvalue weighted by Gasteiger charge is 2.29. The van der Waals surface area contributed by atoms with Crippen molar-refractivity contribution in [1.29, 1.82) is 0 Å². The number of hydrogen-bond acceptors (Lipinski definition) is 3. The van der Waals surface area contributed by atoms with E-state index in [1.807, 2.05) is 0 Å². The summed E-state index contributed by atoms with van der Waals surface area (Å²) in [5, 5.41) is 5.05. The smallest absolute Gasteiger partial charge is 0.0320 e. The lowest BCUT2D eigenvalue weighted by molar-refractivity contribution is 0.529. The van der Waals surface area contributed by atoms with Crippen molar-refractivity contribution < 1.29 is 0 Å². The Morgan fingerprint density at radius 2 is 1.84 bits per heavy atom. The lowest BCUT2D eigenvalue weighted by atomic mass is 9.94. The maximum atomic E-state index is 3.57. The molecule has 1 fully saturated rings. The highest BCUT2D eigenvalue weighted by molar-refractivity contribution is 8.07. The average molecular weight is 296 g/mol. The SMILES string of the molecule is CNC(Cc1c(C)cccc1C)C1SCCSC1C. The number of aryl methyl sites for hydroxylation is 2. The van der Waals surface area contributed by atoms with Crippen LogP contribution in [0.25, 0.3) is 0 Å². The third-order valence-corrected chi connectivity index (χ3v) is 7.32. The molecule has 106 valence electrons. The molecule has 1 aliphatic heterocycles. The minimum atomic E-state index is 0.576. The minimum Gasteiger partial charge on any atom is -0.316 e. The lowest BCUT2D eigenvalue weighted by Gasteiger charge is -2.35. The number of nitrogens with one attached hydrogen (secondary N) is 1. The van der Waals surface area contributed by atoms with Crippen LogP contribution in [0.5, 0.6) is 0 Å². The lowest BCUT2D eigenvalue weighted by Crippen LogP contribution is -2.44. The first-order valence-corrected chi connectivity index (χ1v) is 9.18. The van der Waals surface area contributed by atoms with Gasteiger partial charge in [0.1, 0.15) is 0 Å². The van der Waals surface area contributed by atoms with Gasteiger partial charge in [0.15, 0.2) is 0 Å². The summed E-state index contributed by atoms with van der Waals surface area (Å²) in [5.74, 6) is 2.60. The second-order valence-electron chi connectivity index (χ2n) is 5.38. The van der Waals surface area contributed by atoms with Crippen LogP contribution in [-0.2, 0) is 6.42 Å². The van der Waals surface area contributed by atoms with Crippen LogP contribution in [0.3, 0.4) is 0 Å². The van der Waals surface area contributed by atoms with E-state index in [1.54, 1.807) is 0 Å². The van der Waals surface area contributed by atoms with Crippen molar-refractivity contribution in [2.45, 2.75) is 43.7 Å².